The molecular weight excluding hydrogens is 320 g/mol. The zero-order valence-corrected chi connectivity index (χ0v) is 14.1. The fraction of sp³-hybridized carbons (Fsp3) is 0.438. The second-order valence-electron chi connectivity index (χ2n) is 5.69. The third-order valence-corrected chi connectivity index (χ3v) is 3.60. The van der Waals surface area contributed by atoms with Gasteiger partial charge in [-0.25, -0.2) is 0 Å². The van der Waals surface area contributed by atoms with Gasteiger partial charge in [-0.05, 0) is 30.2 Å². The number of nitrogens with one attached hydrogen (secondary N) is 2. The molecule has 3 N–H and O–H groups in total. The Morgan fingerprint density at radius 1 is 1.13 bits per heavy atom. The van der Waals surface area contributed by atoms with Crippen LogP contribution in [-0.2, 0) is 9.59 Å². The summed E-state index contributed by atoms with van der Waals surface area (Å²) in [5.41, 5.74) is 0.395. The van der Waals surface area contributed by atoms with Crippen LogP contribution in [0.1, 0.15) is 31.1 Å². The maximum absolute atomic E-state index is 12.2. The van der Waals surface area contributed by atoms with Gasteiger partial charge >= 0.3 is 5.97 Å². The van der Waals surface area contributed by atoms with Gasteiger partial charge < -0.3 is 15.7 Å². The number of aliphatic carboxylic acids is 1. The topological polar surface area (TPSA) is 95.5 Å². The zero-order chi connectivity index (χ0) is 17.6. The molecule has 1 aromatic carbocycles. The van der Waals surface area contributed by atoms with Crippen molar-refractivity contribution < 1.29 is 19.5 Å². The fourth-order valence-electron chi connectivity index (χ4n) is 1.81. The van der Waals surface area contributed by atoms with Crippen molar-refractivity contribution in [3.8, 4) is 0 Å². The van der Waals surface area contributed by atoms with Crippen LogP contribution in [0.5, 0.6) is 0 Å². The van der Waals surface area contributed by atoms with Gasteiger partial charge in [0.25, 0.3) is 5.91 Å². The third-order valence-electron chi connectivity index (χ3n) is 3.35. The zero-order valence-electron chi connectivity index (χ0n) is 13.3. The largest absolute Gasteiger partial charge is 0.481 e. The van der Waals surface area contributed by atoms with E-state index in [4.69, 9.17) is 16.7 Å². The lowest BCUT2D eigenvalue weighted by Gasteiger charge is -2.22. The number of amides is 2. The Labute approximate surface area is 140 Å². The molecule has 7 heteroatoms. The summed E-state index contributed by atoms with van der Waals surface area (Å²) < 4.78 is 0. The van der Waals surface area contributed by atoms with Gasteiger partial charge in [0.05, 0.1) is 5.92 Å². The number of carbonyl (C=O) groups excluding carboxylic acids is 2. The molecule has 0 saturated carbocycles. The van der Waals surface area contributed by atoms with E-state index < -0.39 is 23.8 Å². The molecule has 0 aliphatic rings. The summed E-state index contributed by atoms with van der Waals surface area (Å²) in [7, 11) is 0. The second kappa shape index (κ2) is 8.53. The molecular formula is C16H21ClN2O4. The molecule has 1 aromatic rings. The highest BCUT2D eigenvalue weighted by Gasteiger charge is 2.25. The molecule has 2 atom stereocenters. The van der Waals surface area contributed by atoms with Gasteiger partial charge in [-0.15, -0.1) is 0 Å². The van der Waals surface area contributed by atoms with E-state index in [1.54, 1.807) is 38.1 Å². The molecule has 0 fully saturated rings. The molecule has 0 aromatic heterocycles. The Hall–Kier alpha value is -2.08. The first-order chi connectivity index (χ1) is 10.7. The maximum atomic E-state index is 12.2. The van der Waals surface area contributed by atoms with E-state index in [-0.39, 0.29) is 18.4 Å². The molecule has 2 amide bonds. The van der Waals surface area contributed by atoms with E-state index >= 15 is 0 Å². The normalized spacial score (nSPS) is 13.3. The van der Waals surface area contributed by atoms with Crippen LogP contribution in [0.15, 0.2) is 24.3 Å². The minimum Gasteiger partial charge on any atom is -0.481 e. The second-order valence-corrected chi connectivity index (χ2v) is 6.12. The first kappa shape index (κ1) is 19.0. The molecule has 0 aliphatic carbocycles. The molecule has 23 heavy (non-hydrogen) atoms. The quantitative estimate of drug-likeness (QED) is 0.706. The van der Waals surface area contributed by atoms with Gasteiger partial charge in [-0.2, -0.15) is 0 Å². The summed E-state index contributed by atoms with van der Waals surface area (Å²) >= 11 is 5.78. The van der Waals surface area contributed by atoms with E-state index in [2.05, 4.69) is 10.6 Å². The minimum absolute atomic E-state index is 0.00814. The van der Waals surface area contributed by atoms with Crippen molar-refractivity contribution in [1.29, 1.82) is 0 Å². The van der Waals surface area contributed by atoms with E-state index in [0.717, 1.165) is 0 Å². The molecule has 0 radical (unpaired) electrons. The molecule has 0 spiro atoms. The summed E-state index contributed by atoms with van der Waals surface area (Å²) in [6.45, 7) is 5.10. The van der Waals surface area contributed by atoms with E-state index in [1.165, 1.54) is 6.92 Å². The summed E-state index contributed by atoms with van der Waals surface area (Å²) in [5, 5.41) is 14.6. The van der Waals surface area contributed by atoms with Gasteiger partial charge in [0.1, 0.15) is 6.04 Å². The summed E-state index contributed by atoms with van der Waals surface area (Å²) in [4.78, 5) is 35.2. The summed E-state index contributed by atoms with van der Waals surface area (Å²) in [6.07, 6.45) is 0. The molecule has 0 saturated heterocycles. The van der Waals surface area contributed by atoms with Crippen LogP contribution >= 0.6 is 11.6 Å². The Bertz CT molecular complexity index is 572. The lowest BCUT2D eigenvalue weighted by Crippen LogP contribution is -2.50. The first-order valence-corrected chi connectivity index (χ1v) is 7.67. The number of benzene rings is 1. The van der Waals surface area contributed by atoms with Crippen LogP contribution < -0.4 is 10.6 Å². The van der Waals surface area contributed by atoms with E-state index in [9.17, 15) is 14.4 Å². The Balaban J connectivity index is 2.70. The van der Waals surface area contributed by atoms with Crippen molar-refractivity contribution in [2.24, 2.45) is 11.8 Å². The number of hydrogen-bond acceptors (Lipinski definition) is 3. The highest BCUT2D eigenvalue weighted by Crippen LogP contribution is 2.10. The molecule has 126 valence electrons. The average Bonchev–Trinajstić information content (AvgIpc) is 2.49. The Morgan fingerprint density at radius 2 is 1.70 bits per heavy atom. The highest BCUT2D eigenvalue weighted by atomic mass is 35.5. The van der Waals surface area contributed by atoms with Crippen molar-refractivity contribution >= 4 is 29.4 Å². The van der Waals surface area contributed by atoms with E-state index in [0.29, 0.717) is 10.6 Å². The Kier molecular flexibility index (Phi) is 7.03. The van der Waals surface area contributed by atoms with Gasteiger partial charge in [0.15, 0.2) is 0 Å². The lowest BCUT2D eigenvalue weighted by atomic mass is 10.0. The summed E-state index contributed by atoms with van der Waals surface area (Å²) in [5.74, 6) is -2.63. The van der Waals surface area contributed by atoms with Crippen molar-refractivity contribution in [2.45, 2.75) is 26.8 Å². The number of carbonyl (C=O) groups is 3. The number of rotatable bonds is 7. The van der Waals surface area contributed by atoms with Gasteiger partial charge in [0.2, 0.25) is 5.91 Å². The lowest BCUT2D eigenvalue weighted by molar-refractivity contribution is -0.141. The van der Waals surface area contributed by atoms with Crippen LogP contribution in [0.4, 0.5) is 0 Å². The van der Waals surface area contributed by atoms with Crippen molar-refractivity contribution in [3.63, 3.8) is 0 Å². The number of carboxylic acids is 1. The number of hydrogen-bond donors (Lipinski definition) is 3. The summed E-state index contributed by atoms with van der Waals surface area (Å²) in [6, 6.07) is 5.57. The van der Waals surface area contributed by atoms with Crippen molar-refractivity contribution in [3.05, 3.63) is 34.9 Å². The first-order valence-electron chi connectivity index (χ1n) is 7.29. The van der Waals surface area contributed by atoms with E-state index in [1.807, 2.05) is 0 Å². The minimum atomic E-state index is -0.989. The number of halogens is 1. The molecule has 2 unspecified atom stereocenters. The van der Waals surface area contributed by atoms with Gasteiger partial charge in [-0.1, -0.05) is 32.4 Å². The fourth-order valence-corrected chi connectivity index (χ4v) is 1.94. The van der Waals surface area contributed by atoms with Crippen LogP contribution in [0.2, 0.25) is 5.02 Å². The van der Waals surface area contributed by atoms with Crippen molar-refractivity contribution in [2.75, 3.05) is 6.54 Å². The predicted octanol–water partition coefficient (Wildman–Crippen LogP) is 1.93. The maximum Gasteiger partial charge on any atom is 0.308 e. The molecule has 6 nitrogen and oxygen atoms in total. The standard InChI is InChI=1S/C16H21ClN2O4/c1-9(2)13(15(21)18-8-10(3)16(22)23)19-14(20)11-4-6-12(17)7-5-11/h4-7,9-10,13H,8H2,1-3H3,(H,18,21)(H,19,20)(H,22,23). The highest BCUT2D eigenvalue weighted by molar-refractivity contribution is 6.30. The predicted molar refractivity (Wildman–Crippen MR) is 87.4 cm³/mol. The van der Waals surface area contributed by atoms with Crippen LogP contribution in [0.25, 0.3) is 0 Å². The van der Waals surface area contributed by atoms with Crippen LogP contribution in [-0.4, -0.2) is 35.5 Å². The number of carboxylic acid groups (broad SMARTS) is 1. The Morgan fingerprint density at radius 3 is 2.17 bits per heavy atom. The molecule has 0 bridgehead atoms. The SMILES string of the molecule is CC(CNC(=O)C(NC(=O)c1ccc(Cl)cc1)C(C)C)C(=O)O. The molecule has 0 heterocycles. The van der Waals surface area contributed by atoms with Crippen LogP contribution in [0, 0.1) is 11.8 Å². The monoisotopic (exact) mass is 340 g/mol. The van der Waals surface area contributed by atoms with Gasteiger partial charge in [0, 0.05) is 17.1 Å². The van der Waals surface area contributed by atoms with Crippen molar-refractivity contribution in [1.82, 2.24) is 10.6 Å². The average molecular weight is 341 g/mol. The molecule has 1 rings (SSSR count). The smallest absolute Gasteiger partial charge is 0.308 e. The van der Waals surface area contributed by atoms with Crippen LogP contribution in [0.3, 0.4) is 0 Å². The third kappa shape index (κ3) is 5.90. The molecule has 0 aliphatic heterocycles. The van der Waals surface area contributed by atoms with Gasteiger partial charge in [-0.3, -0.25) is 14.4 Å².